The molecule has 0 aliphatic carbocycles. The van der Waals surface area contributed by atoms with Gasteiger partial charge >= 0.3 is 6.03 Å². The Hall–Kier alpha value is -1.14. The van der Waals surface area contributed by atoms with E-state index in [4.69, 9.17) is 10.5 Å². The first-order valence-corrected chi connectivity index (χ1v) is 5.00. The zero-order valence-electron chi connectivity index (χ0n) is 8.79. The normalized spacial score (nSPS) is 22.3. The molecule has 15 heavy (non-hydrogen) atoms. The number of urea groups is 1. The van der Waals surface area contributed by atoms with Gasteiger partial charge in [-0.05, 0) is 19.3 Å². The molecule has 0 aromatic heterocycles. The largest absolute Gasteiger partial charge is 0.381 e. The Kier molecular flexibility index (Phi) is 4.51. The Morgan fingerprint density at radius 2 is 2.33 bits per heavy atom. The zero-order valence-corrected chi connectivity index (χ0v) is 8.79. The summed E-state index contributed by atoms with van der Waals surface area (Å²) in [7, 11) is 0. The fraction of sp³-hybridized carbons (Fsp3) is 0.778. The lowest BCUT2D eigenvalue weighted by molar-refractivity contribution is -0.119. The molecule has 0 saturated carbocycles. The van der Waals surface area contributed by atoms with Crippen LogP contribution in [0.4, 0.5) is 4.79 Å². The van der Waals surface area contributed by atoms with E-state index in [0.717, 1.165) is 19.6 Å². The summed E-state index contributed by atoms with van der Waals surface area (Å²) in [6, 6.07) is -0.621. The first-order valence-electron chi connectivity index (χ1n) is 5.00. The van der Waals surface area contributed by atoms with Gasteiger partial charge in [-0.3, -0.25) is 10.1 Å². The monoisotopic (exact) mass is 215 g/mol. The van der Waals surface area contributed by atoms with Gasteiger partial charge in [-0.25, -0.2) is 4.79 Å². The fourth-order valence-corrected chi connectivity index (χ4v) is 1.55. The van der Waals surface area contributed by atoms with Gasteiger partial charge in [0, 0.05) is 12.6 Å². The number of imide groups is 1. The lowest BCUT2D eigenvalue weighted by Gasteiger charge is -2.18. The van der Waals surface area contributed by atoms with E-state index in [1.165, 1.54) is 0 Å². The number of nitrogens with two attached hydrogens (primary N) is 1. The first-order chi connectivity index (χ1) is 7.09. The average Bonchev–Trinajstić information content (AvgIpc) is 2.65. The number of nitrogens with one attached hydrogen (secondary N) is 2. The highest BCUT2D eigenvalue weighted by molar-refractivity contribution is 5.94. The summed E-state index contributed by atoms with van der Waals surface area (Å²) in [4.78, 5) is 21.4. The highest BCUT2D eigenvalue weighted by Gasteiger charge is 2.22. The third-order valence-electron chi connectivity index (χ3n) is 2.52. The molecule has 0 radical (unpaired) electrons. The second-order valence-electron chi connectivity index (χ2n) is 3.71. The van der Waals surface area contributed by atoms with Crippen LogP contribution in [0.15, 0.2) is 0 Å². The molecular weight excluding hydrogens is 198 g/mol. The standard InChI is InChI=1S/C9H17N3O3/c1-6(7-2-3-15-5-7)11-4-8(13)12-9(10)14/h6-7,11H,2-5H2,1H3,(H3,10,12,13,14). The molecule has 1 aliphatic heterocycles. The fourth-order valence-electron chi connectivity index (χ4n) is 1.55. The number of rotatable bonds is 4. The van der Waals surface area contributed by atoms with Crippen LogP contribution in [0.5, 0.6) is 0 Å². The van der Waals surface area contributed by atoms with E-state index < -0.39 is 11.9 Å². The molecule has 1 rings (SSSR count). The van der Waals surface area contributed by atoms with Crippen molar-refractivity contribution in [1.82, 2.24) is 10.6 Å². The second-order valence-corrected chi connectivity index (χ2v) is 3.71. The third kappa shape index (κ3) is 4.26. The molecule has 86 valence electrons. The summed E-state index contributed by atoms with van der Waals surface area (Å²) in [6.07, 6.45) is 1.01. The van der Waals surface area contributed by atoms with Crippen LogP contribution >= 0.6 is 0 Å². The topological polar surface area (TPSA) is 93.5 Å². The Bertz CT molecular complexity index is 239. The SMILES string of the molecule is CC(NCC(=O)NC(N)=O)C1CCOC1. The molecule has 6 heteroatoms. The van der Waals surface area contributed by atoms with E-state index in [0.29, 0.717) is 5.92 Å². The van der Waals surface area contributed by atoms with Gasteiger partial charge < -0.3 is 15.8 Å². The van der Waals surface area contributed by atoms with Crippen molar-refractivity contribution in [3.63, 3.8) is 0 Å². The van der Waals surface area contributed by atoms with Gasteiger partial charge in [0.05, 0.1) is 13.2 Å². The number of carbonyl (C=O) groups is 2. The predicted molar refractivity (Wildman–Crippen MR) is 54.1 cm³/mol. The van der Waals surface area contributed by atoms with Crippen LogP contribution in [0.25, 0.3) is 0 Å². The van der Waals surface area contributed by atoms with Gasteiger partial charge in [0.15, 0.2) is 0 Å². The molecule has 1 aliphatic rings. The summed E-state index contributed by atoms with van der Waals surface area (Å²) >= 11 is 0. The average molecular weight is 215 g/mol. The number of primary amides is 1. The Balaban J connectivity index is 2.18. The van der Waals surface area contributed by atoms with Gasteiger partial charge in [-0.1, -0.05) is 0 Å². The lowest BCUT2D eigenvalue weighted by atomic mass is 10.0. The summed E-state index contributed by atoms with van der Waals surface area (Å²) in [5.41, 5.74) is 4.80. The third-order valence-corrected chi connectivity index (χ3v) is 2.52. The molecule has 0 aromatic rings. The van der Waals surface area contributed by atoms with Crippen molar-refractivity contribution in [2.24, 2.45) is 11.7 Å². The minimum absolute atomic E-state index is 0.0978. The van der Waals surface area contributed by atoms with Crippen LogP contribution in [0.3, 0.4) is 0 Å². The van der Waals surface area contributed by atoms with Crippen molar-refractivity contribution in [2.75, 3.05) is 19.8 Å². The lowest BCUT2D eigenvalue weighted by Crippen LogP contribution is -2.44. The van der Waals surface area contributed by atoms with Crippen molar-refractivity contribution in [1.29, 1.82) is 0 Å². The van der Waals surface area contributed by atoms with Gasteiger partial charge in [-0.15, -0.1) is 0 Å². The van der Waals surface area contributed by atoms with E-state index in [-0.39, 0.29) is 12.6 Å². The van der Waals surface area contributed by atoms with Crippen LogP contribution in [-0.4, -0.2) is 37.7 Å². The number of hydrogen-bond acceptors (Lipinski definition) is 4. The summed E-state index contributed by atoms with van der Waals surface area (Å²) in [5.74, 6) is 0.0274. The molecule has 4 N–H and O–H groups in total. The minimum Gasteiger partial charge on any atom is -0.381 e. The van der Waals surface area contributed by atoms with Crippen LogP contribution in [0.2, 0.25) is 0 Å². The molecular formula is C9H17N3O3. The number of carbonyl (C=O) groups excluding carboxylic acids is 2. The number of hydrogen-bond donors (Lipinski definition) is 3. The van der Waals surface area contributed by atoms with E-state index in [2.05, 4.69) is 5.32 Å². The maximum Gasteiger partial charge on any atom is 0.318 e. The van der Waals surface area contributed by atoms with E-state index >= 15 is 0 Å². The highest BCUT2D eigenvalue weighted by Crippen LogP contribution is 2.15. The molecule has 0 aromatic carbocycles. The summed E-state index contributed by atoms with van der Waals surface area (Å²) in [6.45, 7) is 3.60. The van der Waals surface area contributed by atoms with Crippen molar-refractivity contribution in [2.45, 2.75) is 19.4 Å². The molecule has 6 nitrogen and oxygen atoms in total. The van der Waals surface area contributed by atoms with E-state index in [9.17, 15) is 9.59 Å². The molecule has 1 saturated heterocycles. The molecule has 0 bridgehead atoms. The maximum absolute atomic E-state index is 11.1. The molecule has 1 fully saturated rings. The molecule has 2 unspecified atom stereocenters. The van der Waals surface area contributed by atoms with Crippen LogP contribution < -0.4 is 16.4 Å². The molecule has 2 atom stereocenters. The smallest absolute Gasteiger partial charge is 0.318 e. The van der Waals surface area contributed by atoms with Gasteiger partial charge in [-0.2, -0.15) is 0 Å². The number of ether oxygens (including phenoxy) is 1. The number of amides is 3. The quantitative estimate of drug-likeness (QED) is 0.572. The van der Waals surface area contributed by atoms with Gasteiger partial charge in [0.25, 0.3) is 0 Å². The summed E-state index contributed by atoms with van der Waals surface area (Å²) in [5, 5.41) is 5.02. The predicted octanol–water partition coefficient (Wildman–Crippen LogP) is -0.804. The van der Waals surface area contributed by atoms with Gasteiger partial charge in [0.1, 0.15) is 0 Å². The Morgan fingerprint density at radius 1 is 1.60 bits per heavy atom. The van der Waals surface area contributed by atoms with Crippen LogP contribution in [0, 0.1) is 5.92 Å². The summed E-state index contributed by atoms with van der Waals surface area (Å²) < 4.78 is 5.23. The zero-order chi connectivity index (χ0) is 11.3. The van der Waals surface area contributed by atoms with Crippen molar-refractivity contribution in [3.05, 3.63) is 0 Å². The van der Waals surface area contributed by atoms with Crippen LogP contribution in [0.1, 0.15) is 13.3 Å². The Labute approximate surface area is 88.5 Å². The van der Waals surface area contributed by atoms with Crippen LogP contribution in [-0.2, 0) is 9.53 Å². The minimum atomic E-state index is -0.821. The Morgan fingerprint density at radius 3 is 2.87 bits per heavy atom. The second kappa shape index (κ2) is 5.67. The first kappa shape index (κ1) is 11.9. The maximum atomic E-state index is 11.1. The van der Waals surface area contributed by atoms with Crippen molar-refractivity contribution >= 4 is 11.9 Å². The molecule has 3 amide bonds. The van der Waals surface area contributed by atoms with Crippen molar-refractivity contribution < 1.29 is 14.3 Å². The van der Waals surface area contributed by atoms with Crippen molar-refractivity contribution in [3.8, 4) is 0 Å². The van der Waals surface area contributed by atoms with E-state index in [1.807, 2.05) is 12.2 Å². The van der Waals surface area contributed by atoms with Gasteiger partial charge in [0.2, 0.25) is 5.91 Å². The highest BCUT2D eigenvalue weighted by atomic mass is 16.5. The molecule has 1 heterocycles. The molecule has 0 spiro atoms. The van der Waals surface area contributed by atoms with E-state index in [1.54, 1.807) is 0 Å².